The van der Waals surface area contributed by atoms with E-state index in [9.17, 15) is 9.59 Å². The Balaban J connectivity index is 1.74. The van der Waals surface area contributed by atoms with E-state index in [0.29, 0.717) is 12.1 Å². The van der Waals surface area contributed by atoms with Crippen LogP contribution in [0.1, 0.15) is 27.7 Å². The summed E-state index contributed by atoms with van der Waals surface area (Å²) in [5, 5.41) is 10.5. The molecule has 1 N–H and O–H groups in total. The second kappa shape index (κ2) is 8.59. The second-order valence-corrected chi connectivity index (χ2v) is 6.68. The molecule has 0 fully saturated rings. The van der Waals surface area contributed by atoms with Gasteiger partial charge in [-0.25, -0.2) is 9.48 Å². The number of nitrogens with zero attached hydrogens (tertiary/aromatic N) is 3. The Morgan fingerprint density at radius 1 is 1.15 bits per heavy atom. The molecule has 0 aliphatic heterocycles. The van der Waals surface area contributed by atoms with Crippen molar-refractivity contribution in [2.24, 2.45) is 0 Å². The predicted molar refractivity (Wildman–Crippen MR) is 102 cm³/mol. The van der Waals surface area contributed by atoms with Crippen molar-refractivity contribution in [1.29, 1.82) is 0 Å². The van der Waals surface area contributed by atoms with Gasteiger partial charge >= 0.3 is 5.97 Å². The highest BCUT2D eigenvalue weighted by Crippen LogP contribution is 2.18. The van der Waals surface area contributed by atoms with Gasteiger partial charge in [-0.2, -0.15) is 0 Å². The number of amides is 1. The molecule has 8 heteroatoms. The van der Waals surface area contributed by atoms with Crippen LogP contribution in [0, 0.1) is 0 Å². The van der Waals surface area contributed by atoms with Gasteiger partial charge in [0.15, 0.2) is 11.7 Å². The lowest BCUT2D eigenvalue weighted by Crippen LogP contribution is -2.34. The smallest absolute Gasteiger partial charge is 0.333 e. The van der Waals surface area contributed by atoms with E-state index in [1.807, 2.05) is 30.3 Å². The Bertz CT molecular complexity index is 926. The van der Waals surface area contributed by atoms with Crippen LogP contribution in [-0.4, -0.2) is 34.0 Å². The fourth-order valence-corrected chi connectivity index (χ4v) is 2.77. The average molecular weight is 429 g/mol. The molecule has 1 aromatic heterocycles. The number of halogens is 1. The number of methoxy groups -OCH3 is 1. The number of rotatable bonds is 6. The summed E-state index contributed by atoms with van der Waals surface area (Å²) in [6.45, 7) is 0.494. The Hall–Kier alpha value is -3.00. The maximum atomic E-state index is 12.5. The number of hydrogen-bond donors (Lipinski definition) is 1. The Morgan fingerprint density at radius 3 is 2.52 bits per heavy atom. The third-order valence-electron chi connectivity index (χ3n) is 3.87. The van der Waals surface area contributed by atoms with Gasteiger partial charge in [-0.05, 0) is 23.3 Å². The molecule has 1 amide bonds. The molecule has 138 valence electrons. The van der Waals surface area contributed by atoms with Gasteiger partial charge < -0.3 is 10.1 Å². The van der Waals surface area contributed by atoms with E-state index < -0.39 is 17.9 Å². The Morgan fingerprint density at radius 2 is 1.85 bits per heavy atom. The minimum absolute atomic E-state index is 0.122. The summed E-state index contributed by atoms with van der Waals surface area (Å²) in [5.74, 6) is -1.07. The van der Waals surface area contributed by atoms with E-state index in [1.165, 1.54) is 13.3 Å². The number of carbonyl (C=O) groups is 2. The summed E-state index contributed by atoms with van der Waals surface area (Å²) < 4.78 is 7.24. The zero-order valence-corrected chi connectivity index (χ0v) is 16.1. The average Bonchev–Trinajstić information content (AvgIpc) is 3.15. The third kappa shape index (κ3) is 4.79. The van der Waals surface area contributed by atoms with Gasteiger partial charge in [0, 0.05) is 4.47 Å². The van der Waals surface area contributed by atoms with Gasteiger partial charge in [-0.15, -0.1) is 5.10 Å². The molecule has 0 radical (unpaired) electrons. The van der Waals surface area contributed by atoms with E-state index in [4.69, 9.17) is 4.74 Å². The van der Waals surface area contributed by atoms with E-state index in [-0.39, 0.29) is 5.69 Å². The predicted octanol–water partition coefficient (Wildman–Crippen LogP) is 2.73. The minimum atomic E-state index is -0.935. The van der Waals surface area contributed by atoms with Crippen LogP contribution in [0.5, 0.6) is 0 Å². The number of ether oxygens (including phenoxy) is 1. The molecular formula is C19H17BrN4O3. The number of esters is 1. The first-order valence-electron chi connectivity index (χ1n) is 8.15. The lowest BCUT2D eigenvalue weighted by Gasteiger charge is -2.16. The molecule has 1 unspecified atom stereocenters. The Labute approximate surface area is 164 Å². The minimum Gasteiger partial charge on any atom is -0.467 e. The maximum Gasteiger partial charge on any atom is 0.333 e. The lowest BCUT2D eigenvalue weighted by molar-refractivity contribution is -0.143. The summed E-state index contributed by atoms with van der Waals surface area (Å²) in [4.78, 5) is 24.7. The van der Waals surface area contributed by atoms with E-state index in [1.54, 1.807) is 28.9 Å². The van der Waals surface area contributed by atoms with Crippen molar-refractivity contribution in [3.8, 4) is 0 Å². The van der Waals surface area contributed by atoms with Crippen molar-refractivity contribution in [2.75, 3.05) is 7.11 Å². The molecule has 1 heterocycles. The number of benzene rings is 2. The highest BCUT2D eigenvalue weighted by molar-refractivity contribution is 9.10. The van der Waals surface area contributed by atoms with Gasteiger partial charge in [0.25, 0.3) is 5.91 Å². The quantitative estimate of drug-likeness (QED) is 0.609. The van der Waals surface area contributed by atoms with Crippen molar-refractivity contribution in [2.45, 2.75) is 12.6 Å². The van der Waals surface area contributed by atoms with E-state index >= 15 is 0 Å². The molecule has 3 rings (SSSR count). The molecule has 2 aromatic carbocycles. The molecule has 0 spiro atoms. The van der Waals surface area contributed by atoms with E-state index in [2.05, 4.69) is 31.6 Å². The highest BCUT2D eigenvalue weighted by atomic mass is 79.9. The van der Waals surface area contributed by atoms with Crippen molar-refractivity contribution in [1.82, 2.24) is 20.3 Å². The van der Waals surface area contributed by atoms with Crippen LogP contribution in [0.4, 0.5) is 0 Å². The van der Waals surface area contributed by atoms with Crippen molar-refractivity contribution < 1.29 is 14.3 Å². The first-order valence-corrected chi connectivity index (χ1v) is 8.94. The largest absolute Gasteiger partial charge is 0.467 e. The lowest BCUT2D eigenvalue weighted by atomic mass is 10.1. The Kier molecular flexibility index (Phi) is 5.97. The van der Waals surface area contributed by atoms with Gasteiger partial charge in [0.1, 0.15) is 0 Å². The van der Waals surface area contributed by atoms with Crippen molar-refractivity contribution in [3.05, 3.63) is 82.1 Å². The first-order chi connectivity index (χ1) is 13.1. The summed E-state index contributed by atoms with van der Waals surface area (Å²) in [7, 11) is 1.27. The molecule has 0 saturated heterocycles. The highest BCUT2D eigenvalue weighted by Gasteiger charge is 2.25. The fraction of sp³-hybridized carbons (Fsp3) is 0.158. The zero-order valence-electron chi connectivity index (χ0n) is 14.5. The van der Waals surface area contributed by atoms with Gasteiger partial charge in [0.05, 0.1) is 19.9 Å². The van der Waals surface area contributed by atoms with Crippen LogP contribution in [0.2, 0.25) is 0 Å². The van der Waals surface area contributed by atoms with Crippen molar-refractivity contribution >= 4 is 27.8 Å². The molecule has 27 heavy (non-hydrogen) atoms. The van der Waals surface area contributed by atoms with Crippen LogP contribution in [0.25, 0.3) is 0 Å². The van der Waals surface area contributed by atoms with Crippen LogP contribution in [0.3, 0.4) is 0 Å². The van der Waals surface area contributed by atoms with Gasteiger partial charge in [-0.3, -0.25) is 4.79 Å². The first kappa shape index (κ1) is 18.8. The topological polar surface area (TPSA) is 86.1 Å². The zero-order chi connectivity index (χ0) is 19.2. The molecule has 7 nitrogen and oxygen atoms in total. The van der Waals surface area contributed by atoms with Gasteiger partial charge in [0.2, 0.25) is 0 Å². The van der Waals surface area contributed by atoms with Crippen molar-refractivity contribution in [3.63, 3.8) is 0 Å². The molecule has 3 aromatic rings. The van der Waals surface area contributed by atoms with Crippen LogP contribution < -0.4 is 5.32 Å². The fourth-order valence-electron chi connectivity index (χ4n) is 2.51. The number of hydrogen-bond acceptors (Lipinski definition) is 5. The van der Waals surface area contributed by atoms with Crippen LogP contribution in [-0.2, 0) is 16.1 Å². The number of carbonyl (C=O) groups excluding carboxylic acids is 2. The standard InChI is InChI=1S/C19H17BrN4O3/c1-27-19(26)17(14-7-9-15(20)10-8-14)21-18(25)16-12-24(23-22-16)11-13-5-3-2-4-6-13/h2-10,12,17H,11H2,1H3,(H,21,25). The second-order valence-electron chi connectivity index (χ2n) is 5.77. The number of aromatic nitrogens is 3. The summed E-state index contributed by atoms with van der Waals surface area (Å²) in [5.41, 5.74) is 1.77. The monoisotopic (exact) mass is 428 g/mol. The molecule has 0 aliphatic rings. The summed E-state index contributed by atoms with van der Waals surface area (Å²) in [6.07, 6.45) is 1.54. The normalized spacial score (nSPS) is 11.6. The van der Waals surface area contributed by atoms with Crippen LogP contribution in [0.15, 0.2) is 65.3 Å². The third-order valence-corrected chi connectivity index (χ3v) is 4.40. The maximum absolute atomic E-state index is 12.5. The molecule has 0 bridgehead atoms. The van der Waals surface area contributed by atoms with Crippen LogP contribution >= 0.6 is 15.9 Å². The molecule has 0 saturated carbocycles. The molecule has 0 aliphatic carbocycles. The van der Waals surface area contributed by atoms with Gasteiger partial charge in [-0.1, -0.05) is 63.6 Å². The van der Waals surface area contributed by atoms with E-state index in [0.717, 1.165) is 10.0 Å². The SMILES string of the molecule is COC(=O)C(NC(=O)c1cn(Cc2ccccc2)nn1)c1ccc(Br)cc1. The molecular weight excluding hydrogens is 412 g/mol. The summed E-state index contributed by atoms with van der Waals surface area (Å²) in [6, 6.07) is 15.8. The number of nitrogens with one attached hydrogen (secondary N) is 1. The molecule has 1 atom stereocenters. The summed E-state index contributed by atoms with van der Waals surface area (Å²) >= 11 is 3.34.